The number of ether oxygens (including phenoxy) is 1. The van der Waals surface area contributed by atoms with Crippen LogP contribution < -0.4 is 0 Å². The standard InChI is InChI=1S/C10H14O4/c1-3-14-10(13)8-5-6(2)4-7(8)9(11)12/h7-8H,2-5H2,1H3,(H,11,12)/t7-,8+/m0/s1. The smallest absolute Gasteiger partial charge is 0.310 e. The lowest BCUT2D eigenvalue weighted by Crippen LogP contribution is -2.26. The minimum absolute atomic E-state index is 0.286. The Labute approximate surface area is 82.6 Å². The summed E-state index contributed by atoms with van der Waals surface area (Å²) in [7, 11) is 0. The molecular weight excluding hydrogens is 184 g/mol. The average molecular weight is 198 g/mol. The molecule has 0 aromatic rings. The van der Waals surface area contributed by atoms with Gasteiger partial charge < -0.3 is 9.84 Å². The number of hydrogen-bond donors (Lipinski definition) is 1. The van der Waals surface area contributed by atoms with Crippen LogP contribution in [0.25, 0.3) is 0 Å². The van der Waals surface area contributed by atoms with Gasteiger partial charge in [-0.05, 0) is 19.8 Å². The van der Waals surface area contributed by atoms with Gasteiger partial charge in [0.05, 0.1) is 18.4 Å². The zero-order chi connectivity index (χ0) is 10.7. The van der Waals surface area contributed by atoms with Gasteiger partial charge in [0.25, 0.3) is 0 Å². The third-order valence-electron chi connectivity index (χ3n) is 2.41. The maximum atomic E-state index is 11.4. The Morgan fingerprint density at radius 3 is 2.57 bits per heavy atom. The summed E-state index contributed by atoms with van der Waals surface area (Å²) in [5.74, 6) is -2.55. The minimum atomic E-state index is -0.943. The molecule has 0 aromatic heterocycles. The first-order valence-corrected chi connectivity index (χ1v) is 4.62. The first-order chi connectivity index (χ1) is 6.56. The highest BCUT2D eigenvalue weighted by Gasteiger charge is 2.40. The first-order valence-electron chi connectivity index (χ1n) is 4.62. The Bertz CT molecular complexity index is 269. The second-order valence-corrected chi connectivity index (χ2v) is 3.46. The lowest BCUT2D eigenvalue weighted by Gasteiger charge is -2.13. The van der Waals surface area contributed by atoms with Gasteiger partial charge >= 0.3 is 11.9 Å². The summed E-state index contributed by atoms with van der Waals surface area (Å²) in [6.45, 7) is 5.70. The number of carbonyl (C=O) groups is 2. The van der Waals surface area contributed by atoms with Crippen molar-refractivity contribution in [2.45, 2.75) is 19.8 Å². The molecule has 0 amide bonds. The van der Waals surface area contributed by atoms with Crippen LogP contribution in [0.3, 0.4) is 0 Å². The highest BCUT2D eigenvalue weighted by molar-refractivity contribution is 5.82. The van der Waals surface area contributed by atoms with Crippen LogP contribution in [-0.4, -0.2) is 23.7 Å². The van der Waals surface area contributed by atoms with Crippen LogP contribution in [0.5, 0.6) is 0 Å². The predicted molar refractivity (Wildman–Crippen MR) is 49.6 cm³/mol. The number of aliphatic carboxylic acids is 1. The highest BCUT2D eigenvalue weighted by Crippen LogP contribution is 2.35. The van der Waals surface area contributed by atoms with E-state index in [1.807, 2.05) is 0 Å². The largest absolute Gasteiger partial charge is 0.481 e. The fourth-order valence-corrected chi connectivity index (χ4v) is 1.75. The molecule has 0 saturated heterocycles. The van der Waals surface area contributed by atoms with E-state index < -0.39 is 23.8 Å². The Morgan fingerprint density at radius 1 is 1.50 bits per heavy atom. The quantitative estimate of drug-likeness (QED) is 0.547. The summed E-state index contributed by atoms with van der Waals surface area (Å²) in [5, 5.41) is 8.87. The molecule has 4 heteroatoms. The molecule has 0 spiro atoms. The lowest BCUT2D eigenvalue weighted by molar-refractivity contribution is -0.156. The number of carboxylic acids is 1. The monoisotopic (exact) mass is 198 g/mol. The van der Waals surface area contributed by atoms with Crippen molar-refractivity contribution in [1.29, 1.82) is 0 Å². The Kier molecular flexibility index (Phi) is 3.28. The van der Waals surface area contributed by atoms with Crippen molar-refractivity contribution in [2.24, 2.45) is 11.8 Å². The molecule has 14 heavy (non-hydrogen) atoms. The van der Waals surface area contributed by atoms with Crippen molar-refractivity contribution >= 4 is 11.9 Å². The van der Waals surface area contributed by atoms with Crippen molar-refractivity contribution in [3.05, 3.63) is 12.2 Å². The van der Waals surface area contributed by atoms with E-state index >= 15 is 0 Å². The molecule has 0 aromatic carbocycles. The van der Waals surface area contributed by atoms with Crippen molar-refractivity contribution < 1.29 is 19.4 Å². The molecule has 78 valence electrons. The van der Waals surface area contributed by atoms with Gasteiger partial charge in [-0.2, -0.15) is 0 Å². The molecule has 0 radical (unpaired) electrons. The van der Waals surface area contributed by atoms with E-state index in [-0.39, 0.29) is 6.61 Å². The third-order valence-corrected chi connectivity index (χ3v) is 2.41. The molecule has 0 aliphatic heterocycles. The van der Waals surface area contributed by atoms with Crippen LogP contribution in [0.15, 0.2) is 12.2 Å². The topological polar surface area (TPSA) is 63.6 Å². The van der Waals surface area contributed by atoms with Gasteiger partial charge in [0, 0.05) is 0 Å². The van der Waals surface area contributed by atoms with E-state index in [9.17, 15) is 9.59 Å². The van der Waals surface area contributed by atoms with E-state index in [1.165, 1.54) is 0 Å². The summed E-state index contributed by atoms with van der Waals surface area (Å²) >= 11 is 0. The van der Waals surface area contributed by atoms with Gasteiger partial charge in [-0.1, -0.05) is 12.2 Å². The zero-order valence-corrected chi connectivity index (χ0v) is 8.16. The predicted octanol–water partition coefficient (Wildman–Crippen LogP) is 1.22. The molecule has 1 fully saturated rings. The van der Waals surface area contributed by atoms with Crippen molar-refractivity contribution in [2.75, 3.05) is 6.61 Å². The molecule has 0 bridgehead atoms. The number of carboxylic acid groups (broad SMARTS) is 1. The van der Waals surface area contributed by atoms with Gasteiger partial charge in [-0.15, -0.1) is 0 Å². The van der Waals surface area contributed by atoms with E-state index in [4.69, 9.17) is 9.84 Å². The summed E-state index contributed by atoms with van der Waals surface area (Å²) in [6.07, 6.45) is 0.828. The molecule has 0 unspecified atom stereocenters. The van der Waals surface area contributed by atoms with E-state index in [0.29, 0.717) is 12.8 Å². The zero-order valence-electron chi connectivity index (χ0n) is 8.16. The summed E-state index contributed by atoms with van der Waals surface area (Å²) in [4.78, 5) is 22.2. The molecule has 1 N–H and O–H groups in total. The van der Waals surface area contributed by atoms with Crippen LogP contribution >= 0.6 is 0 Å². The Hall–Kier alpha value is -1.32. The van der Waals surface area contributed by atoms with Crippen LogP contribution in [0.2, 0.25) is 0 Å². The fourth-order valence-electron chi connectivity index (χ4n) is 1.75. The summed E-state index contributed by atoms with van der Waals surface area (Å²) in [6, 6.07) is 0. The lowest BCUT2D eigenvalue weighted by atomic mass is 9.96. The second-order valence-electron chi connectivity index (χ2n) is 3.46. The van der Waals surface area contributed by atoms with E-state index in [2.05, 4.69) is 6.58 Å². The fraction of sp³-hybridized carbons (Fsp3) is 0.600. The molecular formula is C10H14O4. The maximum absolute atomic E-state index is 11.4. The summed E-state index contributed by atoms with van der Waals surface area (Å²) in [5.41, 5.74) is 0.815. The van der Waals surface area contributed by atoms with Gasteiger partial charge in [-0.3, -0.25) is 9.59 Å². The van der Waals surface area contributed by atoms with Crippen molar-refractivity contribution in [1.82, 2.24) is 0 Å². The van der Waals surface area contributed by atoms with Gasteiger partial charge in [-0.25, -0.2) is 0 Å². The van der Waals surface area contributed by atoms with Crippen molar-refractivity contribution in [3.63, 3.8) is 0 Å². The third kappa shape index (κ3) is 2.13. The molecule has 0 heterocycles. The van der Waals surface area contributed by atoms with Crippen LogP contribution in [0.4, 0.5) is 0 Å². The molecule has 1 aliphatic carbocycles. The van der Waals surface area contributed by atoms with Gasteiger partial charge in [0.1, 0.15) is 0 Å². The first kappa shape index (κ1) is 10.8. The number of hydrogen-bond acceptors (Lipinski definition) is 3. The number of allylic oxidation sites excluding steroid dienone is 1. The highest BCUT2D eigenvalue weighted by atomic mass is 16.5. The molecule has 1 saturated carbocycles. The average Bonchev–Trinajstić information content (AvgIpc) is 2.48. The van der Waals surface area contributed by atoms with Crippen LogP contribution in [0, 0.1) is 11.8 Å². The Balaban J connectivity index is 2.71. The van der Waals surface area contributed by atoms with Crippen LogP contribution in [0.1, 0.15) is 19.8 Å². The number of esters is 1. The Morgan fingerprint density at radius 2 is 2.07 bits per heavy atom. The minimum Gasteiger partial charge on any atom is -0.481 e. The van der Waals surface area contributed by atoms with Crippen molar-refractivity contribution in [3.8, 4) is 0 Å². The SMILES string of the molecule is C=C1C[C@H](C(=O)O)[C@H](C(=O)OCC)C1. The van der Waals surface area contributed by atoms with E-state index in [0.717, 1.165) is 5.57 Å². The molecule has 2 atom stereocenters. The second kappa shape index (κ2) is 4.26. The molecule has 4 nitrogen and oxygen atoms in total. The number of rotatable bonds is 3. The molecule has 1 rings (SSSR count). The number of carbonyl (C=O) groups excluding carboxylic acids is 1. The van der Waals surface area contributed by atoms with Gasteiger partial charge in [0.2, 0.25) is 0 Å². The maximum Gasteiger partial charge on any atom is 0.310 e. The van der Waals surface area contributed by atoms with Crippen LogP contribution in [-0.2, 0) is 14.3 Å². The molecule has 1 aliphatic rings. The van der Waals surface area contributed by atoms with Gasteiger partial charge in [0.15, 0.2) is 0 Å². The summed E-state index contributed by atoms with van der Waals surface area (Å²) < 4.78 is 4.81. The van der Waals surface area contributed by atoms with E-state index in [1.54, 1.807) is 6.92 Å². The normalized spacial score (nSPS) is 26.2.